The second-order valence-electron chi connectivity index (χ2n) is 6.13. The van der Waals surface area contributed by atoms with Gasteiger partial charge in [0.05, 0.1) is 0 Å². The van der Waals surface area contributed by atoms with E-state index < -0.39 is 0 Å². The molecule has 0 atom stereocenters. The molecule has 0 heterocycles. The molecular weight excluding hydrogens is 310 g/mol. The minimum atomic E-state index is 0.118. The summed E-state index contributed by atoms with van der Waals surface area (Å²) in [5.41, 5.74) is 11.7. The van der Waals surface area contributed by atoms with E-state index in [9.17, 15) is 4.79 Å². The number of nitrogen functional groups attached to an aromatic ring is 1. The molecule has 0 spiro atoms. The van der Waals surface area contributed by atoms with Crippen molar-refractivity contribution >= 4 is 22.9 Å². The minimum absolute atomic E-state index is 0.118. The smallest absolute Gasteiger partial charge is 0.162 e. The lowest BCUT2D eigenvalue weighted by Gasteiger charge is -2.25. The molecule has 3 N–H and O–H groups in total. The fourth-order valence-corrected chi connectivity index (χ4v) is 3.17. The molecule has 0 aliphatic heterocycles. The van der Waals surface area contributed by atoms with Crippen LogP contribution in [-0.4, -0.2) is 18.9 Å². The molecule has 3 rings (SSSR count). The highest BCUT2D eigenvalue weighted by Gasteiger charge is 2.19. The molecule has 0 saturated heterocycles. The van der Waals surface area contributed by atoms with E-state index in [0.717, 1.165) is 41.2 Å². The van der Waals surface area contributed by atoms with E-state index in [0.29, 0.717) is 18.7 Å². The fourth-order valence-electron chi connectivity index (χ4n) is 3.17. The van der Waals surface area contributed by atoms with Crippen LogP contribution >= 0.6 is 0 Å². The van der Waals surface area contributed by atoms with Gasteiger partial charge < -0.3 is 16.0 Å². The van der Waals surface area contributed by atoms with Crippen molar-refractivity contribution in [1.29, 1.82) is 0 Å². The Balaban J connectivity index is 1.85. The molecule has 128 valence electrons. The number of hydrogen-bond donors (Lipinski definition) is 2. The van der Waals surface area contributed by atoms with Crippen molar-refractivity contribution in [1.82, 2.24) is 5.32 Å². The first-order valence-corrected chi connectivity index (χ1v) is 8.65. The fraction of sp³-hybridized carbons (Fsp3) is 0.286. The molecule has 4 heteroatoms. The number of nitrogens with one attached hydrogen (secondary N) is 1. The summed E-state index contributed by atoms with van der Waals surface area (Å²) in [6.45, 7) is 6.72. The van der Waals surface area contributed by atoms with Crippen LogP contribution in [0.2, 0.25) is 0 Å². The largest absolute Gasteiger partial charge is 0.398 e. The number of allylic oxidation sites excluding steroid dienone is 1. The normalized spacial score (nSPS) is 12.9. The van der Waals surface area contributed by atoms with Crippen LogP contribution in [0.15, 0.2) is 36.4 Å². The molecule has 0 aromatic heterocycles. The van der Waals surface area contributed by atoms with Crippen molar-refractivity contribution in [2.75, 3.05) is 23.7 Å². The molecule has 2 aromatic carbocycles. The van der Waals surface area contributed by atoms with Gasteiger partial charge in [0, 0.05) is 66.4 Å². The third kappa shape index (κ3) is 3.61. The van der Waals surface area contributed by atoms with Crippen molar-refractivity contribution in [3.8, 4) is 0 Å². The Bertz CT molecular complexity index is 807. The number of carbonyl (C=O) groups excluding carboxylic acids is 1. The van der Waals surface area contributed by atoms with Crippen molar-refractivity contribution < 1.29 is 4.79 Å². The maximum absolute atomic E-state index is 12.2. The summed E-state index contributed by atoms with van der Waals surface area (Å²) in [5.74, 6) is 0.118. The van der Waals surface area contributed by atoms with Gasteiger partial charge in [-0.2, -0.15) is 0 Å². The molecule has 0 bridgehead atoms. The van der Waals surface area contributed by atoms with Gasteiger partial charge in [-0.1, -0.05) is 18.2 Å². The highest BCUT2D eigenvalue weighted by atomic mass is 16.1. The number of ketones is 1. The maximum Gasteiger partial charge on any atom is 0.162 e. The highest BCUT2D eigenvalue weighted by molar-refractivity contribution is 6.01. The lowest BCUT2D eigenvalue weighted by molar-refractivity contribution is -0.114. The molecule has 0 amide bonds. The number of rotatable bonds is 6. The third-order valence-corrected chi connectivity index (χ3v) is 4.58. The summed E-state index contributed by atoms with van der Waals surface area (Å²) < 4.78 is 0. The van der Waals surface area contributed by atoms with Crippen LogP contribution in [0.4, 0.5) is 11.4 Å². The van der Waals surface area contributed by atoms with E-state index in [4.69, 9.17) is 5.73 Å². The number of anilines is 2. The van der Waals surface area contributed by atoms with Crippen LogP contribution in [0.25, 0.3) is 5.70 Å². The van der Waals surface area contributed by atoms with Gasteiger partial charge in [0.2, 0.25) is 0 Å². The second-order valence-corrected chi connectivity index (χ2v) is 6.13. The molecule has 0 saturated carbocycles. The van der Waals surface area contributed by atoms with E-state index in [1.165, 1.54) is 0 Å². The molecular formula is C21H23N3O. The van der Waals surface area contributed by atoms with Gasteiger partial charge in [0.25, 0.3) is 0 Å². The second kappa shape index (κ2) is 7.31. The first kappa shape index (κ1) is 16.9. The number of nitrogens with zero attached hydrogens (tertiary/aromatic N) is 1. The molecule has 2 aromatic rings. The first-order valence-electron chi connectivity index (χ1n) is 8.65. The SMILES string of the molecule is CCN(CC)c1ccc2c(c1)CC(=O)C=C2NCc1cc#ccc1N. The predicted octanol–water partition coefficient (Wildman–Crippen LogP) is 2.97. The number of nitrogens with two attached hydrogens (primary N) is 1. The van der Waals surface area contributed by atoms with Crippen LogP contribution in [0.5, 0.6) is 0 Å². The summed E-state index contributed by atoms with van der Waals surface area (Å²) in [6, 6.07) is 15.6. The van der Waals surface area contributed by atoms with Crippen molar-refractivity contribution in [2.24, 2.45) is 0 Å². The summed E-state index contributed by atoms with van der Waals surface area (Å²) in [4.78, 5) is 14.5. The van der Waals surface area contributed by atoms with Crippen LogP contribution in [0.1, 0.15) is 30.5 Å². The molecule has 1 aliphatic carbocycles. The Morgan fingerprint density at radius 3 is 2.68 bits per heavy atom. The van der Waals surface area contributed by atoms with E-state index in [1.54, 1.807) is 12.1 Å². The molecule has 0 unspecified atom stereocenters. The standard InChI is InChI=1S/C21H23N3O/c1-3-24(4-2)17-9-10-19-16(11-17)12-18(25)13-21(19)23-14-15-7-5-6-8-20(15)22/h7-11,13,23H,3-4,12,14,22H2,1-2H3. The van der Waals surface area contributed by atoms with Crippen LogP contribution < -0.4 is 16.0 Å². The van der Waals surface area contributed by atoms with Crippen molar-refractivity contribution in [2.45, 2.75) is 26.8 Å². The Morgan fingerprint density at radius 1 is 1.20 bits per heavy atom. The average Bonchev–Trinajstić information content (AvgIpc) is 2.61. The Labute approximate surface area is 149 Å². The first-order chi connectivity index (χ1) is 12.1. The average molecular weight is 333 g/mol. The van der Waals surface area contributed by atoms with Gasteiger partial charge in [-0.25, -0.2) is 0 Å². The van der Waals surface area contributed by atoms with Crippen LogP contribution in [0, 0.1) is 12.1 Å². The lowest BCUT2D eigenvalue weighted by atomic mass is 9.93. The van der Waals surface area contributed by atoms with Crippen molar-refractivity contribution in [3.63, 3.8) is 0 Å². The Morgan fingerprint density at radius 2 is 1.96 bits per heavy atom. The van der Waals surface area contributed by atoms with E-state index >= 15 is 0 Å². The van der Waals surface area contributed by atoms with Gasteiger partial charge in [-0.15, -0.1) is 0 Å². The maximum atomic E-state index is 12.2. The number of fused-ring (bicyclic) bond motifs is 1. The lowest BCUT2D eigenvalue weighted by Crippen LogP contribution is -2.23. The Hall–Kier alpha value is -2.93. The molecule has 0 radical (unpaired) electrons. The summed E-state index contributed by atoms with van der Waals surface area (Å²) in [6.07, 6.45) is 2.14. The number of benzene rings is 1. The van der Waals surface area contributed by atoms with Crippen molar-refractivity contribution in [3.05, 3.63) is 65.2 Å². The van der Waals surface area contributed by atoms with Gasteiger partial charge >= 0.3 is 0 Å². The monoisotopic (exact) mass is 333 g/mol. The van der Waals surface area contributed by atoms with Gasteiger partial charge in [-0.3, -0.25) is 4.79 Å². The van der Waals surface area contributed by atoms with E-state index in [-0.39, 0.29) is 5.78 Å². The topological polar surface area (TPSA) is 58.4 Å². The summed E-state index contributed by atoms with van der Waals surface area (Å²) in [5, 5.41) is 3.35. The quantitative estimate of drug-likeness (QED) is 0.853. The molecule has 25 heavy (non-hydrogen) atoms. The molecule has 0 fully saturated rings. The third-order valence-electron chi connectivity index (χ3n) is 4.58. The summed E-state index contributed by atoms with van der Waals surface area (Å²) in [7, 11) is 0. The van der Waals surface area contributed by atoms with Crippen LogP contribution in [0.3, 0.4) is 0 Å². The van der Waals surface area contributed by atoms with Crippen LogP contribution in [-0.2, 0) is 17.8 Å². The number of hydrogen-bond acceptors (Lipinski definition) is 4. The molecule has 4 nitrogen and oxygen atoms in total. The zero-order valence-electron chi connectivity index (χ0n) is 14.7. The predicted molar refractivity (Wildman–Crippen MR) is 102 cm³/mol. The van der Waals surface area contributed by atoms with Gasteiger partial charge in [0.15, 0.2) is 5.78 Å². The zero-order valence-corrected chi connectivity index (χ0v) is 14.7. The van der Waals surface area contributed by atoms with E-state index in [2.05, 4.69) is 54.4 Å². The van der Waals surface area contributed by atoms with Gasteiger partial charge in [-0.05, 0) is 37.6 Å². The number of carbonyl (C=O) groups is 1. The minimum Gasteiger partial charge on any atom is -0.398 e. The summed E-state index contributed by atoms with van der Waals surface area (Å²) >= 11 is 0. The highest BCUT2D eigenvalue weighted by Crippen LogP contribution is 2.28. The Kier molecular flexibility index (Phi) is 4.95. The van der Waals surface area contributed by atoms with E-state index in [1.807, 2.05) is 6.07 Å². The zero-order chi connectivity index (χ0) is 17.8. The van der Waals surface area contributed by atoms with Gasteiger partial charge in [0.1, 0.15) is 0 Å². The molecule has 1 aliphatic rings.